The molecular weight excluding hydrogens is 462 g/mol. The molecule has 0 radical (unpaired) electrons. The average Bonchev–Trinajstić information content (AvgIpc) is 2.84. The Kier molecular flexibility index (Phi) is 8.78. The number of hydrogen-bond donors (Lipinski definition) is 1. The van der Waals surface area contributed by atoms with Gasteiger partial charge in [-0.25, -0.2) is 13.8 Å². The summed E-state index contributed by atoms with van der Waals surface area (Å²) in [5, 5.41) is 4.01. The number of aryl methyl sites for hydroxylation is 1. The van der Waals surface area contributed by atoms with Crippen molar-refractivity contribution in [1.82, 2.24) is 9.73 Å². The summed E-state index contributed by atoms with van der Waals surface area (Å²) in [4.78, 5) is 12.7. The van der Waals surface area contributed by atoms with Crippen molar-refractivity contribution in [2.75, 3.05) is 13.7 Å². The maximum absolute atomic E-state index is 13.6. The zero-order chi connectivity index (χ0) is 25.4. The maximum Gasteiger partial charge on any atom is 0.255 e. The third-order valence-corrected chi connectivity index (χ3v) is 7.28. The van der Waals surface area contributed by atoms with Crippen molar-refractivity contribution in [2.45, 2.75) is 38.1 Å². The van der Waals surface area contributed by atoms with Crippen LogP contribution in [-0.2, 0) is 21.4 Å². The molecule has 0 aliphatic rings. The van der Waals surface area contributed by atoms with Crippen LogP contribution in [0.5, 0.6) is 5.75 Å². The quantitative estimate of drug-likeness (QED) is 0.333. The van der Waals surface area contributed by atoms with Crippen LogP contribution < -0.4 is 10.2 Å². The van der Waals surface area contributed by atoms with Gasteiger partial charge in [0.05, 0.1) is 19.9 Å². The van der Waals surface area contributed by atoms with E-state index in [0.717, 1.165) is 21.0 Å². The van der Waals surface area contributed by atoms with E-state index in [1.165, 1.54) is 18.9 Å². The smallest absolute Gasteiger partial charge is 0.255 e. The van der Waals surface area contributed by atoms with Crippen LogP contribution in [0.1, 0.15) is 42.0 Å². The first kappa shape index (κ1) is 26.1. The molecule has 0 heterocycles. The summed E-state index contributed by atoms with van der Waals surface area (Å²) in [5.74, 6) is 0.0911. The Labute approximate surface area is 207 Å². The highest BCUT2D eigenvalue weighted by atomic mass is 32.2. The largest absolute Gasteiger partial charge is 0.495 e. The number of nitrogens with zero attached hydrogens (tertiary/aromatic N) is 2. The van der Waals surface area contributed by atoms with Crippen LogP contribution in [0.4, 0.5) is 0 Å². The number of benzene rings is 3. The minimum absolute atomic E-state index is 0.0116. The highest BCUT2D eigenvalue weighted by molar-refractivity contribution is 7.89. The highest BCUT2D eigenvalue weighted by Gasteiger charge is 2.30. The Bertz CT molecular complexity index is 1270. The van der Waals surface area contributed by atoms with Gasteiger partial charge < -0.3 is 4.74 Å². The van der Waals surface area contributed by atoms with Crippen LogP contribution in [0, 0.1) is 6.92 Å². The topological polar surface area (TPSA) is 88.1 Å². The second-order valence-corrected chi connectivity index (χ2v) is 10.4. The Morgan fingerprint density at radius 3 is 2.37 bits per heavy atom. The van der Waals surface area contributed by atoms with Gasteiger partial charge in [0.25, 0.3) is 5.91 Å². The number of carbonyl (C=O) groups excluding carboxylic acids is 1. The van der Waals surface area contributed by atoms with Gasteiger partial charge in [0, 0.05) is 6.54 Å². The van der Waals surface area contributed by atoms with Crippen LogP contribution in [0.2, 0.25) is 0 Å². The molecule has 0 spiro atoms. The van der Waals surface area contributed by atoms with Crippen molar-refractivity contribution in [2.24, 2.45) is 5.10 Å². The Morgan fingerprint density at radius 1 is 1.06 bits per heavy atom. The van der Waals surface area contributed by atoms with Gasteiger partial charge in [-0.3, -0.25) is 4.79 Å². The van der Waals surface area contributed by atoms with E-state index in [1.807, 2.05) is 54.6 Å². The van der Waals surface area contributed by atoms with E-state index >= 15 is 0 Å². The fourth-order valence-corrected chi connectivity index (χ4v) is 5.10. The van der Waals surface area contributed by atoms with E-state index in [2.05, 4.69) is 24.4 Å². The third-order valence-electron chi connectivity index (χ3n) is 5.46. The lowest BCUT2D eigenvalue weighted by atomic mass is 10.0. The number of hydrazone groups is 1. The molecule has 0 aliphatic heterocycles. The second-order valence-electron chi connectivity index (χ2n) is 8.53. The maximum atomic E-state index is 13.6. The number of carbonyl (C=O) groups is 1. The van der Waals surface area contributed by atoms with Crippen molar-refractivity contribution < 1.29 is 17.9 Å². The predicted octanol–water partition coefficient (Wildman–Crippen LogP) is 4.47. The summed E-state index contributed by atoms with van der Waals surface area (Å²) < 4.78 is 33.7. The summed E-state index contributed by atoms with van der Waals surface area (Å²) in [7, 11) is -2.64. The summed E-state index contributed by atoms with van der Waals surface area (Å²) in [6.07, 6.45) is 1.53. The molecule has 0 saturated carbocycles. The van der Waals surface area contributed by atoms with Crippen LogP contribution in [-0.4, -0.2) is 38.5 Å². The summed E-state index contributed by atoms with van der Waals surface area (Å²) in [6, 6.07) is 21.9. The van der Waals surface area contributed by atoms with E-state index in [9.17, 15) is 13.2 Å². The minimum Gasteiger partial charge on any atom is -0.495 e. The highest BCUT2D eigenvalue weighted by Crippen LogP contribution is 2.28. The lowest BCUT2D eigenvalue weighted by molar-refractivity contribution is -0.121. The first-order valence-electron chi connectivity index (χ1n) is 11.3. The minimum atomic E-state index is -4.05. The number of amides is 1. The molecule has 0 aliphatic carbocycles. The number of rotatable bonds is 10. The average molecular weight is 494 g/mol. The SMILES string of the molecule is COc1ccc(C)cc1S(=O)(=O)N(CC(=O)NN=Cc1ccc(C(C)C)cc1)Cc1ccccc1. The van der Waals surface area contributed by atoms with Crippen LogP contribution in [0.25, 0.3) is 0 Å². The van der Waals surface area contributed by atoms with E-state index in [1.54, 1.807) is 25.1 Å². The standard InChI is InChI=1S/C27H31N3O4S/c1-20(2)24-13-11-22(12-14-24)17-28-29-27(31)19-30(18-23-8-6-5-7-9-23)35(32,33)26-16-21(3)10-15-25(26)34-4/h5-17,20H,18-19H2,1-4H3,(H,29,31). The molecule has 184 valence electrons. The molecule has 1 amide bonds. The number of methoxy groups -OCH3 is 1. The van der Waals surface area contributed by atoms with Gasteiger partial charge >= 0.3 is 0 Å². The summed E-state index contributed by atoms with van der Waals surface area (Å²) >= 11 is 0. The number of hydrogen-bond acceptors (Lipinski definition) is 5. The molecule has 0 fully saturated rings. The Morgan fingerprint density at radius 2 is 1.74 bits per heavy atom. The third kappa shape index (κ3) is 7.00. The van der Waals surface area contributed by atoms with Crippen molar-refractivity contribution >= 4 is 22.1 Å². The lowest BCUT2D eigenvalue weighted by Gasteiger charge is -2.23. The number of nitrogens with one attached hydrogen (secondary N) is 1. The molecule has 0 aromatic heterocycles. The van der Waals surface area contributed by atoms with Crippen molar-refractivity contribution in [1.29, 1.82) is 0 Å². The first-order valence-corrected chi connectivity index (χ1v) is 12.8. The fraction of sp³-hybridized carbons (Fsp3) is 0.259. The van der Waals surface area contributed by atoms with E-state index in [-0.39, 0.29) is 17.2 Å². The van der Waals surface area contributed by atoms with Crippen LogP contribution in [0.15, 0.2) is 82.8 Å². The molecule has 0 bridgehead atoms. The van der Waals surface area contributed by atoms with Gasteiger partial charge in [-0.1, -0.05) is 74.5 Å². The fourth-order valence-electron chi connectivity index (χ4n) is 3.48. The van der Waals surface area contributed by atoms with Crippen LogP contribution >= 0.6 is 0 Å². The first-order chi connectivity index (χ1) is 16.7. The molecular formula is C27H31N3O4S. The molecule has 0 unspecified atom stereocenters. The molecule has 3 aromatic rings. The number of ether oxygens (including phenoxy) is 1. The second kappa shape index (κ2) is 11.8. The van der Waals surface area contributed by atoms with Crippen molar-refractivity contribution in [3.8, 4) is 5.75 Å². The molecule has 1 N–H and O–H groups in total. The van der Waals surface area contributed by atoms with Crippen molar-refractivity contribution in [3.63, 3.8) is 0 Å². The van der Waals surface area contributed by atoms with Gasteiger partial charge in [0.2, 0.25) is 10.0 Å². The molecule has 3 rings (SSSR count). The summed E-state index contributed by atoms with van der Waals surface area (Å²) in [5.41, 5.74) is 6.00. The van der Waals surface area contributed by atoms with E-state index in [4.69, 9.17) is 4.74 Å². The molecule has 35 heavy (non-hydrogen) atoms. The predicted molar refractivity (Wildman–Crippen MR) is 138 cm³/mol. The normalized spacial score (nSPS) is 11.8. The summed E-state index contributed by atoms with van der Waals surface area (Å²) in [6.45, 7) is 5.65. The van der Waals surface area contributed by atoms with Gasteiger partial charge in [-0.2, -0.15) is 9.41 Å². The molecule has 0 atom stereocenters. The molecule has 0 saturated heterocycles. The Hall–Kier alpha value is -3.49. The molecule has 8 heteroatoms. The van der Waals surface area contributed by atoms with Gasteiger partial charge in [-0.15, -0.1) is 0 Å². The number of sulfonamides is 1. The zero-order valence-electron chi connectivity index (χ0n) is 20.4. The van der Waals surface area contributed by atoms with Gasteiger partial charge in [0.1, 0.15) is 10.6 Å². The van der Waals surface area contributed by atoms with Gasteiger partial charge in [-0.05, 0) is 47.2 Å². The Balaban J connectivity index is 1.81. The zero-order valence-corrected chi connectivity index (χ0v) is 21.2. The van der Waals surface area contributed by atoms with E-state index < -0.39 is 22.5 Å². The lowest BCUT2D eigenvalue weighted by Crippen LogP contribution is -2.39. The molecule has 7 nitrogen and oxygen atoms in total. The van der Waals surface area contributed by atoms with Crippen molar-refractivity contribution in [3.05, 3.63) is 95.1 Å². The monoisotopic (exact) mass is 493 g/mol. The van der Waals surface area contributed by atoms with Gasteiger partial charge in [0.15, 0.2) is 0 Å². The molecule has 3 aromatic carbocycles. The van der Waals surface area contributed by atoms with E-state index in [0.29, 0.717) is 5.92 Å². The van der Waals surface area contributed by atoms with Crippen LogP contribution in [0.3, 0.4) is 0 Å².